The number of aromatic nitrogens is 2. The highest BCUT2D eigenvalue weighted by Crippen LogP contribution is 2.31. The fourth-order valence-corrected chi connectivity index (χ4v) is 3.79. The van der Waals surface area contributed by atoms with Crippen LogP contribution in [0.1, 0.15) is 24.0 Å². The van der Waals surface area contributed by atoms with E-state index in [-0.39, 0.29) is 0 Å². The standard InChI is InChI=1S/C15H22N4S/c1-4-5-18-6-8-19(9-7-18)14-13-10-11(2)20-15(13)17-12(3)16-14/h10H,4-9H2,1-3H3. The molecule has 0 aromatic carbocycles. The third-order valence-electron chi connectivity index (χ3n) is 3.82. The summed E-state index contributed by atoms with van der Waals surface area (Å²) in [5, 5.41) is 1.22. The summed E-state index contributed by atoms with van der Waals surface area (Å²) in [6, 6.07) is 2.23. The maximum atomic E-state index is 4.71. The Morgan fingerprint density at radius 1 is 1.15 bits per heavy atom. The molecule has 3 heterocycles. The minimum atomic E-state index is 0.880. The van der Waals surface area contributed by atoms with Gasteiger partial charge in [0.15, 0.2) is 0 Å². The van der Waals surface area contributed by atoms with Gasteiger partial charge in [0.25, 0.3) is 0 Å². The number of aryl methyl sites for hydroxylation is 2. The number of rotatable bonds is 3. The molecule has 2 aromatic rings. The zero-order valence-corrected chi connectivity index (χ0v) is 13.3. The molecule has 5 heteroatoms. The maximum absolute atomic E-state index is 4.71. The van der Waals surface area contributed by atoms with Crippen LogP contribution in [0.4, 0.5) is 5.82 Å². The molecule has 0 N–H and O–H groups in total. The van der Waals surface area contributed by atoms with Gasteiger partial charge in [0.05, 0.1) is 5.39 Å². The van der Waals surface area contributed by atoms with Crippen LogP contribution in [0.15, 0.2) is 6.07 Å². The van der Waals surface area contributed by atoms with Crippen LogP contribution in [-0.2, 0) is 0 Å². The maximum Gasteiger partial charge on any atom is 0.141 e. The summed E-state index contributed by atoms with van der Waals surface area (Å²) < 4.78 is 0. The van der Waals surface area contributed by atoms with Gasteiger partial charge in [-0.05, 0) is 32.9 Å². The minimum absolute atomic E-state index is 0.880. The smallest absolute Gasteiger partial charge is 0.141 e. The van der Waals surface area contributed by atoms with Crippen LogP contribution in [0.2, 0.25) is 0 Å². The van der Waals surface area contributed by atoms with E-state index >= 15 is 0 Å². The number of anilines is 1. The zero-order valence-electron chi connectivity index (χ0n) is 12.5. The van der Waals surface area contributed by atoms with Gasteiger partial charge in [-0.2, -0.15) is 0 Å². The number of nitrogens with zero attached hydrogens (tertiary/aromatic N) is 4. The first kappa shape index (κ1) is 13.8. The third-order valence-corrected chi connectivity index (χ3v) is 4.76. The summed E-state index contributed by atoms with van der Waals surface area (Å²) in [5.41, 5.74) is 0. The largest absolute Gasteiger partial charge is 0.353 e. The Kier molecular flexibility index (Phi) is 3.89. The fraction of sp³-hybridized carbons (Fsp3) is 0.600. The van der Waals surface area contributed by atoms with Crippen LogP contribution in [-0.4, -0.2) is 47.6 Å². The van der Waals surface area contributed by atoms with E-state index in [0.717, 1.165) is 42.7 Å². The molecule has 4 nitrogen and oxygen atoms in total. The highest BCUT2D eigenvalue weighted by molar-refractivity contribution is 7.18. The van der Waals surface area contributed by atoms with Crippen LogP contribution in [0.25, 0.3) is 10.2 Å². The molecular formula is C15H22N4S. The quantitative estimate of drug-likeness (QED) is 0.870. The van der Waals surface area contributed by atoms with Gasteiger partial charge in [0, 0.05) is 31.1 Å². The first-order valence-corrected chi connectivity index (χ1v) is 8.21. The molecule has 1 fully saturated rings. The van der Waals surface area contributed by atoms with Crippen molar-refractivity contribution in [3.05, 3.63) is 16.8 Å². The molecule has 1 aliphatic rings. The molecule has 0 unspecified atom stereocenters. The number of hydrogen-bond acceptors (Lipinski definition) is 5. The van der Waals surface area contributed by atoms with Crippen LogP contribution in [0.5, 0.6) is 0 Å². The Morgan fingerprint density at radius 3 is 2.60 bits per heavy atom. The van der Waals surface area contributed by atoms with Crippen molar-refractivity contribution in [1.82, 2.24) is 14.9 Å². The van der Waals surface area contributed by atoms with Crippen LogP contribution in [0, 0.1) is 13.8 Å². The summed E-state index contributed by atoms with van der Waals surface area (Å²) in [6.07, 6.45) is 1.24. The van der Waals surface area contributed by atoms with E-state index in [1.807, 2.05) is 6.92 Å². The molecule has 2 aromatic heterocycles. The molecule has 20 heavy (non-hydrogen) atoms. The van der Waals surface area contributed by atoms with Crippen LogP contribution < -0.4 is 4.90 Å². The second-order valence-electron chi connectivity index (χ2n) is 5.50. The molecule has 0 amide bonds. The summed E-state index contributed by atoms with van der Waals surface area (Å²) in [6.45, 7) is 12.0. The van der Waals surface area contributed by atoms with Crippen molar-refractivity contribution in [3.8, 4) is 0 Å². The topological polar surface area (TPSA) is 32.3 Å². The molecule has 1 aliphatic heterocycles. The number of fused-ring (bicyclic) bond motifs is 1. The molecule has 0 saturated carbocycles. The lowest BCUT2D eigenvalue weighted by Crippen LogP contribution is -2.46. The second kappa shape index (κ2) is 5.66. The summed E-state index contributed by atoms with van der Waals surface area (Å²) in [7, 11) is 0. The predicted octanol–water partition coefficient (Wildman–Crippen LogP) is 2.84. The Balaban J connectivity index is 1.87. The van der Waals surface area contributed by atoms with Crippen molar-refractivity contribution >= 4 is 27.4 Å². The molecule has 0 aliphatic carbocycles. The highest BCUT2D eigenvalue weighted by atomic mass is 32.1. The predicted molar refractivity (Wildman–Crippen MR) is 85.8 cm³/mol. The van der Waals surface area contributed by atoms with E-state index in [1.165, 1.54) is 23.2 Å². The van der Waals surface area contributed by atoms with Crippen molar-refractivity contribution < 1.29 is 0 Å². The van der Waals surface area contributed by atoms with E-state index in [2.05, 4.69) is 34.7 Å². The lowest BCUT2D eigenvalue weighted by molar-refractivity contribution is 0.258. The SMILES string of the molecule is CCCN1CCN(c2nc(C)nc3sc(C)cc23)CC1. The van der Waals surface area contributed by atoms with Gasteiger partial charge in [-0.3, -0.25) is 4.90 Å². The molecule has 3 rings (SSSR count). The van der Waals surface area contributed by atoms with Crippen LogP contribution >= 0.6 is 11.3 Å². The molecular weight excluding hydrogens is 268 g/mol. The molecule has 0 spiro atoms. The Bertz CT molecular complexity index is 599. The average Bonchev–Trinajstić information content (AvgIpc) is 2.79. The normalized spacial score (nSPS) is 17.1. The van der Waals surface area contributed by atoms with Gasteiger partial charge in [0.1, 0.15) is 16.5 Å². The van der Waals surface area contributed by atoms with E-state index in [0.29, 0.717) is 0 Å². The zero-order chi connectivity index (χ0) is 14.1. The van der Waals surface area contributed by atoms with Gasteiger partial charge >= 0.3 is 0 Å². The summed E-state index contributed by atoms with van der Waals surface area (Å²) in [5.74, 6) is 2.01. The molecule has 1 saturated heterocycles. The molecule has 0 bridgehead atoms. The monoisotopic (exact) mass is 290 g/mol. The Morgan fingerprint density at radius 2 is 1.90 bits per heavy atom. The minimum Gasteiger partial charge on any atom is -0.353 e. The van der Waals surface area contributed by atoms with Gasteiger partial charge in [-0.1, -0.05) is 6.92 Å². The first-order chi connectivity index (χ1) is 9.67. The molecule has 0 atom stereocenters. The van der Waals surface area contributed by atoms with Gasteiger partial charge in [-0.15, -0.1) is 11.3 Å². The van der Waals surface area contributed by atoms with Crippen molar-refractivity contribution in [1.29, 1.82) is 0 Å². The number of hydrogen-bond donors (Lipinski definition) is 0. The van der Waals surface area contributed by atoms with Crippen molar-refractivity contribution in [2.75, 3.05) is 37.6 Å². The highest BCUT2D eigenvalue weighted by Gasteiger charge is 2.20. The van der Waals surface area contributed by atoms with Gasteiger partial charge in [0.2, 0.25) is 0 Å². The molecule has 0 radical (unpaired) electrons. The van der Waals surface area contributed by atoms with E-state index in [1.54, 1.807) is 11.3 Å². The first-order valence-electron chi connectivity index (χ1n) is 7.39. The van der Waals surface area contributed by atoms with Gasteiger partial charge < -0.3 is 4.90 Å². The average molecular weight is 290 g/mol. The van der Waals surface area contributed by atoms with Crippen molar-refractivity contribution in [2.24, 2.45) is 0 Å². The Hall–Kier alpha value is -1.20. The third kappa shape index (κ3) is 2.65. The summed E-state index contributed by atoms with van der Waals surface area (Å²) >= 11 is 1.76. The van der Waals surface area contributed by atoms with Gasteiger partial charge in [-0.25, -0.2) is 9.97 Å². The van der Waals surface area contributed by atoms with Crippen molar-refractivity contribution in [3.63, 3.8) is 0 Å². The summed E-state index contributed by atoms with van der Waals surface area (Å²) in [4.78, 5) is 16.7. The lowest BCUT2D eigenvalue weighted by atomic mass is 10.2. The van der Waals surface area contributed by atoms with E-state index in [4.69, 9.17) is 4.98 Å². The van der Waals surface area contributed by atoms with Crippen LogP contribution in [0.3, 0.4) is 0 Å². The van der Waals surface area contributed by atoms with Crippen molar-refractivity contribution in [2.45, 2.75) is 27.2 Å². The van der Waals surface area contributed by atoms with E-state index < -0.39 is 0 Å². The number of thiophene rings is 1. The second-order valence-corrected chi connectivity index (χ2v) is 6.73. The Labute approximate surface area is 124 Å². The molecule has 108 valence electrons. The fourth-order valence-electron chi connectivity index (χ4n) is 2.87. The number of piperazine rings is 1. The lowest BCUT2D eigenvalue weighted by Gasteiger charge is -2.35. The van der Waals surface area contributed by atoms with E-state index in [9.17, 15) is 0 Å².